The first-order valence-electron chi connectivity index (χ1n) is 7.54. The zero-order valence-corrected chi connectivity index (χ0v) is 11.5. The van der Waals surface area contributed by atoms with E-state index in [9.17, 15) is 5.11 Å². The Bertz CT molecular complexity index is 290. The molecule has 0 aromatic carbocycles. The van der Waals surface area contributed by atoms with Gasteiger partial charge in [-0.3, -0.25) is 0 Å². The number of hydrogen-bond acceptors (Lipinski definition) is 3. The predicted octanol–water partition coefficient (Wildman–Crippen LogP) is 2.51. The van der Waals surface area contributed by atoms with Crippen LogP contribution >= 0.6 is 0 Å². The maximum Gasteiger partial charge on any atom is 0.0940 e. The highest BCUT2D eigenvalue weighted by Gasteiger charge is 2.46. The van der Waals surface area contributed by atoms with E-state index in [1.807, 2.05) is 6.92 Å². The lowest BCUT2D eigenvalue weighted by atomic mass is 9.69. The van der Waals surface area contributed by atoms with Crippen molar-refractivity contribution in [3.05, 3.63) is 0 Å². The van der Waals surface area contributed by atoms with E-state index in [2.05, 4.69) is 0 Å². The van der Waals surface area contributed by atoms with Gasteiger partial charge in [-0.25, -0.2) is 0 Å². The summed E-state index contributed by atoms with van der Waals surface area (Å²) in [5, 5.41) is 10.8. The van der Waals surface area contributed by atoms with E-state index < -0.39 is 5.60 Å². The molecular formula is C15H26O3. The Morgan fingerprint density at radius 3 is 2.72 bits per heavy atom. The molecule has 0 aromatic rings. The molecule has 3 fully saturated rings. The summed E-state index contributed by atoms with van der Waals surface area (Å²) in [7, 11) is 0. The molecule has 3 rings (SSSR count). The third-order valence-electron chi connectivity index (χ3n) is 5.37. The summed E-state index contributed by atoms with van der Waals surface area (Å²) in [5.41, 5.74) is -0.586. The van der Waals surface area contributed by atoms with Crippen molar-refractivity contribution in [3.8, 4) is 0 Å². The highest BCUT2D eigenvalue weighted by molar-refractivity contribution is 4.97. The van der Waals surface area contributed by atoms with Crippen molar-refractivity contribution in [1.29, 1.82) is 0 Å². The predicted molar refractivity (Wildman–Crippen MR) is 69.4 cm³/mol. The van der Waals surface area contributed by atoms with Gasteiger partial charge in [0.05, 0.1) is 17.8 Å². The molecule has 3 aliphatic rings. The first-order chi connectivity index (χ1) is 8.60. The van der Waals surface area contributed by atoms with Crippen molar-refractivity contribution in [2.75, 3.05) is 19.8 Å². The Labute approximate surface area is 110 Å². The Hall–Kier alpha value is -0.120. The van der Waals surface area contributed by atoms with Crippen LogP contribution in [-0.2, 0) is 9.47 Å². The first-order valence-corrected chi connectivity index (χ1v) is 7.54. The molecule has 2 saturated heterocycles. The normalized spacial score (nSPS) is 40.7. The van der Waals surface area contributed by atoms with Gasteiger partial charge >= 0.3 is 0 Å². The van der Waals surface area contributed by atoms with E-state index in [4.69, 9.17) is 9.47 Å². The second-order valence-electron chi connectivity index (χ2n) is 6.88. The van der Waals surface area contributed by atoms with Crippen molar-refractivity contribution >= 4 is 0 Å². The lowest BCUT2D eigenvalue weighted by molar-refractivity contribution is -0.144. The van der Waals surface area contributed by atoms with Crippen LogP contribution in [0, 0.1) is 11.8 Å². The molecule has 0 bridgehead atoms. The first kappa shape index (κ1) is 12.9. The SMILES string of the molecule is CC(O)(CC1CCC1)C1CCOC2(CCOC2)C1. The summed E-state index contributed by atoms with van der Waals surface area (Å²) in [6.07, 6.45) is 7.94. The average Bonchev–Trinajstić information content (AvgIpc) is 2.72. The molecule has 1 saturated carbocycles. The van der Waals surface area contributed by atoms with Crippen molar-refractivity contribution in [3.63, 3.8) is 0 Å². The van der Waals surface area contributed by atoms with Crippen LogP contribution < -0.4 is 0 Å². The summed E-state index contributed by atoms with van der Waals surface area (Å²) in [5.74, 6) is 1.15. The van der Waals surface area contributed by atoms with Gasteiger partial charge < -0.3 is 14.6 Å². The molecule has 3 heteroatoms. The molecule has 2 heterocycles. The van der Waals surface area contributed by atoms with Crippen LogP contribution in [0.4, 0.5) is 0 Å². The standard InChI is InChI=1S/C15H26O3/c1-14(16,9-12-3-2-4-12)13-5-7-18-15(10-13)6-8-17-11-15/h12-13,16H,2-11H2,1H3. The molecule has 0 aromatic heterocycles. The fourth-order valence-corrected chi connectivity index (χ4v) is 3.87. The summed E-state index contributed by atoms with van der Waals surface area (Å²) in [6.45, 7) is 4.38. The van der Waals surface area contributed by atoms with Gasteiger partial charge in [-0.15, -0.1) is 0 Å². The third-order valence-corrected chi connectivity index (χ3v) is 5.37. The van der Waals surface area contributed by atoms with Crippen LogP contribution in [0.5, 0.6) is 0 Å². The van der Waals surface area contributed by atoms with E-state index in [-0.39, 0.29) is 5.60 Å². The van der Waals surface area contributed by atoms with E-state index in [1.165, 1.54) is 19.3 Å². The highest BCUT2D eigenvalue weighted by atomic mass is 16.6. The Morgan fingerprint density at radius 1 is 1.28 bits per heavy atom. The molecule has 2 aliphatic heterocycles. The van der Waals surface area contributed by atoms with E-state index >= 15 is 0 Å². The molecule has 3 nitrogen and oxygen atoms in total. The molecule has 1 N–H and O–H groups in total. The Balaban J connectivity index is 1.63. The van der Waals surface area contributed by atoms with Crippen LogP contribution in [0.2, 0.25) is 0 Å². The minimum atomic E-state index is -0.509. The van der Waals surface area contributed by atoms with Gasteiger partial charge in [0.1, 0.15) is 0 Å². The van der Waals surface area contributed by atoms with Gasteiger partial charge in [0.2, 0.25) is 0 Å². The number of hydrogen-bond donors (Lipinski definition) is 1. The molecule has 3 atom stereocenters. The Morgan fingerprint density at radius 2 is 2.11 bits per heavy atom. The van der Waals surface area contributed by atoms with Gasteiger partial charge in [0, 0.05) is 19.6 Å². The minimum Gasteiger partial charge on any atom is -0.390 e. The molecule has 0 radical (unpaired) electrons. The molecular weight excluding hydrogens is 228 g/mol. The summed E-state index contributed by atoms with van der Waals surface area (Å²) < 4.78 is 11.5. The second-order valence-corrected chi connectivity index (χ2v) is 6.88. The highest BCUT2D eigenvalue weighted by Crippen LogP contribution is 2.44. The largest absolute Gasteiger partial charge is 0.390 e. The van der Waals surface area contributed by atoms with Crippen molar-refractivity contribution < 1.29 is 14.6 Å². The smallest absolute Gasteiger partial charge is 0.0940 e. The molecule has 1 spiro atoms. The molecule has 18 heavy (non-hydrogen) atoms. The molecule has 104 valence electrons. The number of rotatable bonds is 3. The van der Waals surface area contributed by atoms with E-state index in [0.717, 1.165) is 51.4 Å². The van der Waals surface area contributed by atoms with Gasteiger partial charge in [0.15, 0.2) is 0 Å². The lowest BCUT2D eigenvalue weighted by Gasteiger charge is -2.45. The lowest BCUT2D eigenvalue weighted by Crippen LogP contribution is -2.48. The number of ether oxygens (including phenoxy) is 2. The topological polar surface area (TPSA) is 38.7 Å². The quantitative estimate of drug-likeness (QED) is 0.841. The van der Waals surface area contributed by atoms with Crippen molar-refractivity contribution in [2.24, 2.45) is 11.8 Å². The summed E-state index contributed by atoms with van der Waals surface area (Å²) in [6, 6.07) is 0. The van der Waals surface area contributed by atoms with Gasteiger partial charge in [-0.05, 0) is 38.0 Å². The van der Waals surface area contributed by atoms with Crippen LogP contribution in [0.25, 0.3) is 0 Å². The maximum absolute atomic E-state index is 10.8. The zero-order chi connectivity index (χ0) is 12.6. The van der Waals surface area contributed by atoms with Gasteiger partial charge in [-0.1, -0.05) is 19.3 Å². The fourth-order valence-electron chi connectivity index (χ4n) is 3.87. The molecule has 3 unspecified atom stereocenters. The van der Waals surface area contributed by atoms with Crippen LogP contribution in [0.1, 0.15) is 51.9 Å². The van der Waals surface area contributed by atoms with E-state index in [0.29, 0.717) is 5.92 Å². The summed E-state index contributed by atoms with van der Waals surface area (Å²) >= 11 is 0. The van der Waals surface area contributed by atoms with Crippen LogP contribution in [0.15, 0.2) is 0 Å². The van der Waals surface area contributed by atoms with Crippen molar-refractivity contribution in [1.82, 2.24) is 0 Å². The zero-order valence-electron chi connectivity index (χ0n) is 11.5. The van der Waals surface area contributed by atoms with Crippen LogP contribution in [-0.4, -0.2) is 36.1 Å². The second kappa shape index (κ2) is 4.77. The summed E-state index contributed by atoms with van der Waals surface area (Å²) in [4.78, 5) is 0. The van der Waals surface area contributed by atoms with Gasteiger partial charge in [-0.2, -0.15) is 0 Å². The average molecular weight is 254 g/mol. The number of aliphatic hydroxyl groups is 1. The molecule has 1 aliphatic carbocycles. The molecule has 0 amide bonds. The Kier molecular flexibility index (Phi) is 3.41. The van der Waals surface area contributed by atoms with Gasteiger partial charge in [0.25, 0.3) is 0 Å². The van der Waals surface area contributed by atoms with Crippen molar-refractivity contribution in [2.45, 2.75) is 63.1 Å². The monoisotopic (exact) mass is 254 g/mol. The van der Waals surface area contributed by atoms with Crippen LogP contribution in [0.3, 0.4) is 0 Å². The van der Waals surface area contributed by atoms with E-state index in [1.54, 1.807) is 0 Å². The minimum absolute atomic E-state index is 0.0769. The maximum atomic E-state index is 10.8. The third kappa shape index (κ3) is 2.45. The fraction of sp³-hybridized carbons (Fsp3) is 1.00.